The second kappa shape index (κ2) is 6.75. The first-order valence-corrected chi connectivity index (χ1v) is 10.2. The van der Waals surface area contributed by atoms with E-state index in [4.69, 9.17) is 13.8 Å². The van der Waals surface area contributed by atoms with Gasteiger partial charge in [-0.15, -0.1) is 0 Å². The van der Waals surface area contributed by atoms with E-state index in [2.05, 4.69) is 15.3 Å². The van der Waals surface area contributed by atoms with Gasteiger partial charge in [-0.25, -0.2) is 8.42 Å². The van der Waals surface area contributed by atoms with Crippen LogP contribution in [0.3, 0.4) is 0 Å². The zero-order valence-electron chi connectivity index (χ0n) is 14.8. The molecular weight excluding hydrogens is 360 g/mol. The Morgan fingerprint density at radius 2 is 1.96 bits per heavy atom. The Morgan fingerprint density at radius 1 is 1.19 bits per heavy atom. The smallest absolute Gasteiger partial charge is 0.248 e. The molecule has 142 valence electrons. The van der Waals surface area contributed by atoms with Gasteiger partial charge in [-0.05, 0) is 32.6 Å². The van der Waals surface area contributed by atoms with E-state index in [1.165, 1.54) is 17.1 Å². The molecule has 9 nitrogen and oxygen atoms in total. The Kier molecular flexibility index (Phi) is 4.57. The van der Waals surface area contributed by atoms with Crippen molar-refractivity contribution in [3.63, 3.8) is 0 Å². The molecule has 2 aromatic heterocycles. The minimum absolute atomic E-state index is 0.0844. The first kappa shape index (κ1) is 17.6. The molecule has 1 aliphatic carbocycles. The van der Waals surface area contributed by atoms with Gasteiger partial charge in [0.25, 0.3) is 0 Å². The first-order valence-electron chi connectivity index (χ1n) is 8.78. The van der Waals surface area contributed by atoms with Crippen molar-refractivity contribution in [2.24, 2.45) is 5.92 Å². The molecule has 0 radical (unpaired) electrons. The summed E-state index contributed by atoms with van der Waals surface area (Å²) in [6.45, 7) is 5.23. The molecule has 2 aromatic rings. The molecule has 0 amide bonds. The van der Waals surface area contributed by atoms with E-state index in [0.29, 0.717) is 49.3 Å². The summed E-state index contributed by atoms with van der Waals surface area (Å²) < 4.78 is 42.6. The van der Waals surface area contributed by atoms with Crippen LogP contribution in [0.4, 0.5) is 0 Å². The summed E-state index contributed by atoms with van der Waals surface area (Å²) in [6, 6.07) is 0. The number of aryl methyl sites for hydroxylation is 2. The second-order valence-electron chi connectivity index (χ2n) is 6.99. The normalized spacial score (nSPS) is 19.0. The number of hydrogen-bond donors (Lipinski definition) is 0. The highest BCUT2D eigenvalue weighted by Gasteiger charge is 2.42. The molecule has 1 saturated carbocycles. The molecule has 2 fully saturated rings. The maximum atomic E-state index is 12.7. The first-order chi connectivity index (χ1) is 12.4. The third-order valence-corrected chi connectivity index (χ3v) is 6.84. The lowest BCUT2D eigenvalue weighted by Gasteiger charge is -2.35. The predicted octanol–water partition coefficient (Wildman–Crippen LogP) is 1.43. The Morgan fingerprint density at radius 3 is 2.62 bits per heavy atom. The van der Waals surface area contributed by atoms with E-state index in [-0.39, 0.29) is 10.8 Å². The summed E-state index contributed by atoms with van der Waals surface area (Å²) in [6.07, 6.45) is 3.13. The van der Waals surface area contributed by atoms with Crippen LogP contribution in [0.15, 0.2) is 13.9 Å². The van der Waals surface area contributed by atoms with Crippen LogP contribution in [0.2, 0.25) is 0 Å². The zero-order chi connectivity index (χ0) is 18.3. The molecule has 0 unspecified atom stereocenters. The van der Waals surface area contributed by atoms with Gasteiger partial charge in [-0.2, -0.15) is 9.29 Å². The van der Waals surface area contributed by atoms with Gasteiger partial charge in [0.15, 0.2) is 11.6 Å². The molecule has 0 atom stereocenters. The van der Waals surface area contributed by atoms with Crippen LogP contribution in [0.1, 0.15) is 41.9 Å². The SMILES string of the molecule is Cc1noc(C)c1S(=O)(=O)N1CC(c2nc(CCOCC3CC3)no2)C1. The molecule has 0 aromatic carbocycles. The minimum atomic E-state index is -3.61. The van der Waals surface area contributed by atoms with Gasteiger partial charge in [0.2, 0.25) is 15.9 Å². The van der Waals surface area contributed by atoms with E-state index in [1.54, 1.807) is 13.8 Å². The lowest BCUT2D eigenvalue weighted by Crippen LogP contribution is -2.48. The van der Waals surface area contributed by atoms with E-state index >= 15 is 0 Å². The molecule has 2 aliphatic rings. The number of sulfonamides is 1. The highest BCUT2D eigenvalue weighted by molar-refractivity contribution is 7.89. The molecule has 26 heavy (non-hydrogen) atoms. The topological polar surface area (TPSA) is 112 Å². The fourth-order valence-corrected chi connectivity index (χ4v) is 4.82. The van der Waals surface area contributed by atoms with Gasteiger partial charge in [-0.1, -0.05) is 10.3 Å². The largest absolute Gasteiger partial charge is 0.381 e. The number of rotatable bonds is 8. The van der Waals surface area contributed by atoms with Gasteiger partial charge in [0, 0.05) is 26.1 Å². The van der Waals surface area contributed by atoms with Gasteiger partial charge in [-0.3, -0.25) is 0 Å². The Bertz CT molecular complexity index is 861. The molecule has 3 heterocycles. The van der Waals surface area contributed by atoms with E-state index < -0.39 is 10.0 Å². The number of hydrogen-bond acceptors (Lipinski definition) is 8. The van der Waals surface area contributed by atoms with Crippen molar-refractivity contribution in [1.29, 1.82) is 0 Å². The molecular formula is C16H22N4O5S. The van der Waals surface area contributed by atoms with Crippen LogP contribution >= 0.6 is 0 Å². The molecule has 0 bridgehead atoms. The zero-order valence-corrected chi connectivity index (χ0v) is 15.7. The lowest BCUT2D eigenvalue weighted by atomic mass is 10.0. The monoisotopic (exact) mass is 382 g/mol. The highest BCUT2D eigenvalue weighted by Crippen LogP contribution is 2.33. The fraction of sp³-hybridized carbons (Fsp3) is 0.688. The predicted molar refractivity (Wildman–Crippen MR) is 89.0 cm³/mol. The van der Waals surface area contributed by atoms with Crippen molar-refractivity contribution in [2.45, 2.75) is 43.9 Å². The number of ether oxygens (including phenoxy) is 1. The minimum Gasteiger partial charge on any atom is -0.381 e. The Hall–Kier alpha value is -1.78. The van der Waals surface area contributed by atoms with Crippen LogP contribution < -0.4 is 0 Å². The highest BCUT2D eigenvalue weighted by atomic mass is 32.2. The molecule has 0 spiro atoms. The van der Waals surface area contributed by atoms with Crippen LogP contribution in [0, 0.1) is 19.8 Å². The standard InChI is InChI=1S/C16H22N4O5S/c1-10-15(11(2)24-18-10)26(21,22)20-7-13(8-20)16-17-14(19-25-16)5-6-23-9-12-3-4-12/h12-13H,3-9H2,1-2H3. The van der Waals surface area contributed by atoms with Crippen molar-refractivity contribution in [1.82, 2.24) is 19.6 Å². The van der Waals surface area contributed by atoms with Crippen molar-refractivity contribution >= 4 is 10.0 Å². The third kappa shape index (κ3) is 3.40. The Labute approximate surface area is 151 Å². The summed E-state index contributed by atoms with van der Waals surface area (Å²) in [5.74, 6) is 2.03. The summed E-state index contributed by atoms with van der Waals surface area (Å²) in [5, 5.41) is 7.68. The fourth-order valence-electron chi connectivity index (χ4n) is 3.00. The van der Waals surface area contributed by atoms with E-state index in [9.17, 15) is 8.42 Å². The Balaban J connectivity index is 1.31. The molecule has 10 heteroatoms. The van der Waals surface area contributed by atoms with Crippen molar-refractivity contribution < 1.29 is 22.2 Å². The summed E-state index contributed by atoms with van der Waals surface area (Å²) in [4.78, 5) is 4.52. The summed E-state index contributed by atoms with van der Waals surface area (Å²) >= 11 is 0. The van der Waals surface area contributed by atoms with E-state index in [1.807, 2.05) is 0 Å². The van der Waals surface area contributed by atoms with Gasteiger partial charge >= 0.3 is 0 Å². The van der Waals surface area contributed by atoms with Crippen LogP contribution in [-0.4, -0.2) is 54.3 Å². The maximum Gasteiger partial charge on any atom is 0.248 e. The van der Waals surface area contributed by atoms with Gasteiger partial charge < -0.3 is 13.8 Å². The van der Waals surface area contributed by atoms with Gasteiger partial charge in [0.1, 0.15) is 10.6 Å². The van der Waals surface area contributed by atoms with Gasteiger partial charge in [0.05, 0.1) is 12.5 Å². The van der Waals surface area contributed by atoms with Crippen molar-refractivity contribution in [2.75, 3.05) is 26.3 Å². The molecule has 1 aliphatic heterocycles. The summed E-state index contributed by atoms with van der Waals surface area (Å²) in [7, 11) is -3.61. The average Bonchev–Trinajstić information content (AvgIpc) is 3.14. The number of aromatic nitrogens is 3. The van der Waals surface area contributed by atoms with Crippen LogP contribution in [0.5, 0.6) is 0 Å². The molecule has 4 rings (SSSR count). The summed E-state index contributed by atoms with van der Waals surface area (Å²) in [5.41, 5.74) is 0.372. The maximum absolute atomic E-state index is 12.7. The van der Waals surface area contributed by atoms with Crippen molar-refractivity contribution in [3.8, 4) is 0 Å². The van der Waals surface area contributed by atoms with Crippen molar-refractivity contribution in [3.05, 3.63) is 23.2 Å². The van der Waals surface area contributed by atoms with E-state index in [0.717, 1.165) is 12.5 Å². The third-order valence-electron chi connectivity index (χ3n) is 4.77. The second-order valence-corrected chi connectivity index (χ2v) is 8.86. The quantitative estimate of drug-likeness (QED) is 0.630. The number of nitrogens with zero attached hydrogens (tertiary/aromatic N) is 4. The average molecular weight is 382 g/mol. The molecule has 1 saturated heterocycles. The van der Waals surface area contributed by atoms with Crippen LogP contribution in [0.25, 0.3) is 0 Å². The van der Waals surface area contributed by atoms with Crippen LogP contribution in [-0.2, 0) is 21.2 Å². The lowest BCUT2D eigenvalue weighted by molar-refractivity contribution is 0.125. The molecule has 0 N–H and O–H groups in total.